The zero-order chi connectivity index (χ0) is 20.9. The number of likely N-dealkylation sites (tertiary alicyclic amines) is 1. The van der Waals surface area contributed by atoms with Crippen molar-refractivity contribution in [2.24, 2.45) is 11.8 Å². The zero-order valence-electron chi connectivity index (χ0n) is 16.8. The monoisotopic (exact) mass is 388 g/mol. The lowest BCUT2D eigenvalue weighted by Crippen LogP contribution is -2.47. The molecular formula is C19H31F3N4O. The van der Waals surface area contributed by atoms with Crippen LogP contribution in [0.15, 0.2) is 12.3 Å². The second kappa shape index (κ2) is 9.45. The molecule has 0 saturated carbocycles. The Labute approximate surface area is 160 Å². The van der Waals surface area contributed by atoms with Gasteiger partial charge in [-0.15, -0.1) is 0 Å². The van der Waals surface area contributed by atoms with Gasteiger partial charge >= 0.3 is 12.1 Å². The smallest absolute Gasteiger partial charge is 0.358 e. The number of halogens is 3. The summed E-state index contributed by atoms with van der Waals surface area (Å²) in [5, 5.41) is 11.3. The van der Waals surface area contributed by atoms with Gasteiger partial charge in [0.2, 0.25) is 0 Å². The zero-order valence-corrected chi connectivity index (χ0v) is 16.8. The van der Waals surface area contributed by atoms with E-state index in [1.165, 1.54) is 0 Å². The second-order valence-electron chi connectivity index (χ2n) is 8.04. The first-order valence-electron chi connectivity index (χ1n) is 9.28. The van der Waals surface area contributed by atoms with Crippen LogP contribution in [-0.2, 0) is 4.79 Å². The Balaban J connectivity index is 2.70. The van der Waals surface area contributed by atoms with E-state index < -0.39 is 18.1 Å². The molecule has 0 radical (unpaired) electrons. The summed E-state index contributed by atoms with van der Waals surface area (Å²) in [6.45, 7) is 13.1. The lowest BCUT2D eigenvalue weighted by Gasteiger charge is -2.36. The van der Waals surface area contributed by atoms with E-state index in [4.69, 9.17) is 0 Å². The van der Waals surface area contributed by atoms with E-state index in [0.717, 1.165) is 18.7 Å². The van der Waals surface area contributed by atoms with Gasteiger partial charge in [-0.05, 0) is 38.6 Å². The number of rotatable bonds is 8. The Kier molecular flexibility index (Phi) is 8.15. The summed E-state index contributed by atoms with van der Waals surface area (Å²) in [6, 6.07) is 1.49. The minimum atomic E-state index is -4.87. The molecule has 4 unspecified atom stereocenters. The summed E-state index contributed by atoms with van der Waals surface area (Å²) < 4.78 is 37.3. The number of carbonyl (C=O) groups is 1. The van der Waals surface area contributed by atoms with Gasteiger partial charge in [-0.25, -0.2) is 0 Å². The van der Waals surface area contributed by atoms with Crippen LogP contribution >= 0.6 is 0 Å². The second-order valence-corrected chi connectivity index (χ2v) is 8.04. The Morgan fingerprint density at radius 2 is 2.00 bits per heavy atom. The number of likely N-dealkylation sites (N-methyl/N-ethyl adjacent to an activating group) is 1. The normalized spacial score (nSPS) is 22.6. The van der Waals surface area contributed by atoms with Gasteiger partial charge in [0.25, 0.3) is 0 Å². The van der Waals surface area contributed by atoms with Crippen molar-refractivity contribution < 1.29 is 18.0 Å². The topological polar surface area (TPSA) is 59.4 Å². The van der Waals surface area contributed by atoms with Crippen molar-refractivity contribution in [2.75, 3.05) is 20.1 Å². The maximum atomic E-state index is 12.4. The van der Waals surface area contributed by atoms with Gasteiger partial charge in [-0.1, -0.05) is 27.4 Å². The molecule has 0 aromatic rings. The Bertz CT molecular complexity index is 570. The maximum Gasteiger partial charge on any atom is 0.471 e. The SMILES string of the molecule is C=C(CN(C)C(CC(C)NC(=O)C(F)(F)F)C(C)C)N1CC(C)CC1C#N. The van der Waals surface area contributed by atoms with E-state index in [-0.39, 0.29) is 18.0 Å². The third-order valence-electron chi connectivity index (χ3n) is 5.06. The number of hydrogen-bond donors (Lipinski definition) is 1. The molecule has 0 aromatic carbocycles. The van der Waals surface area contributed by atoms with Crippen LogP contribution in [-0.4, -0.2) is 60.1 Å². The molecule has 0 bridgehead atoms. The molecule has 1 rings (SSSR count). The van der Waals surface area contributed by atoms with Gasteiger partial charge in [0.15, 0.2) is 0 Å². The molecule has 1 aliphatic heterocycles. The Morgan fingerprint density at radius 1 is 1.41 bits per heavy atom. The molecule has 1 fully saturated rings. The van der Waals surface area contributed by atoms with E-state index in [9.17, 15) is 23.2 Å². The molecule has 1 N–H and O–H groups in total. The number of nitriles is 1. The highest BCUT2D eigenvalue weighted by atomic mass is 19.4. The molecular weight excluding hydrogens is 357 g/mol. The molecule has 1 heterocycles. The molecule has 4 atom stereocenters. The third kappa shape index (κ3) is 6.73. The maximum absolute atomic E-state index is 12.4. The van der Waals surface area contributed by atoms with Crippen LogP contribution in [0.2, 0.25) is 0 Å². The lowest BCUT2D eigenvalue weighted by atomic mass is 9.95. The van der Waals surface area contributed by atoms with E-state index in [2.05, 4.69) is 19.6 Å². The van der Waals surface area contributed by atoms with E-state index in [1.54, 1.807) is 6.92 Å². The number of hydrogen-bond acceptors (Lipinski definition) is 4. The predicted octanol–water partition coefficient (Wildman–Crippen LogP) is 3.15. The van der Waals surface area contributed by atoms with Crippen molar-refractivity contribution in [1.29, 1.82) is 5.26 Å². The third-order valence-corrected chi connectivity index (χ3v) is 5.06. The van der Waals surface area contributed by atoms with E-state index in [1.807, 2.05) is 36.0 Å². The van der Waals surface area contributed by atoms with Gasteiger partial charge in [-0.3, -0.25) is 9.69 Å². The van der Waals surface area contributed by atoms with Crippen LogP contribution in [0.3, 0.4) is 0 Å². The quantitative estimate of drug-likeness (QED) is 0.694. The van der Waals surface area contributed by atoms with Crippen LogP contribution < -0.4 is 5.32 Å². The summed E-state index contributed by atoms with van der Waals surface area (Å²) in [6.07, 6.45) is -3.67. The summed E-state index contributed by atoms with van der Waals surface area (Å²) in [5.74, 6) is -1.31. The van der Waals surface area contributed by atoms with Gasteiger partial charge in [0, 0.05) is 30.9 Å². The average molecular weight is 388 g/mol. The van der Waals surface area contributed by atoms with E-state index in [0.29, 0.717) is 18.9 Å². The standard InChI is InChI=1S/C19H31F3N4O/c1-12(2)17(8-14(4)24-18(27)19(20,21)22)25(6)11-15(5)26-10-13(3)7-16(26)9-23/h12-14,16-17H,5,7-8,10-11H2,1-4,6H3,(H,24,27). The van der Waals surface area contributed by atoms with Gasteiger partial charge < -0.3 is 10.2 Å². The molecule has 0 spiro atoms. The minimum absolute atomic E-state index is 0.0363. The first kappa shape index (κ1) is 23.3. The number of amides is 1. The van der Waals surface area contributed by atoms with Crippen LogP contribution in [0.4, 0.5) is 13.2 Å². The summed E-state index contributed by atoms with van der Waals surface area (Å²) in [7, 11) is 1.90. The highest BCUT2D eigenvalue weighted by Gasteiger charge is 2.39. The van der Waals surface area contributed by atoms with E-state index >= 15 is 0 Å². The van der Waals surface area contributed by atoms with Gasteiger partial charge in [0.1, 0.15) is 6.04 Å². The Hall–Kier alpha value is -1.75. The molecule has 1 aliphatic rings. The van der Waals surface area contributed by atoms with Crippen LogP contribution in [0.5, 0.6) is 0 Å². The molecule has 154 valence electrons. The molecule has 0 aromatic heterocycles. The molecule has 27 heavy (non-hydrogen) atoms. The average Bonchev–Trinajstić information content (AvgIpc) is 2.92. The number of nitrogens with one attached hydrogen (secondary N) is 1. The molecule has 1 saturated heterocycles. The van der Waals surface area contributed by atoms with Gasteiger partial charge in [-0.2, -0.15) is 18.4 Å². The van der Waals surface area contributed by atoms with Crippen LogP contribution in [0, 0.1) is 23.2 Å². The first-order chi connectivity index (χ1) is 12.4. The van der Waals surface area contributed by atoms with Crippen molar-refractivity contribution >= 4 is 5.91 Å². The predicted molar refractivity (Wildman–Crippen MR) is 98.6 cm³/mol. The molecule has 5 nitrogen and oxygen atoms in total. The highest BCUT2D eigenvalue weighted by molar-refractivity contribution is 5.81. The summed E-state index contributed by atoms with van der Waals surface area (Å²) in [5.41, 5.74) is 0.839. The lowest BCUT2D eigenvalue weighted by molar-refractivity contribution is -0.174. The van der Waals surface area contributed by atoms with Crippen molar-refractivity contribution in [3.63, 3.8) is 0 Å². The van der Waals surface area contributed by atoms with Crippen molar-refractivity contribution in [3.8, 4) is 6.07 Å². The molecule has 0 aliphatic carbocycles. The van der Waals surface area contributed by atoms with Crippen LogP contribution in [0.1, 0.15) is 40.5 Å². The fraction of sp³-hybridized carbons (Fsp3) is 0.789. The van der Waals surface area contributed by atoms with Crippen LogP contribution in [0.25, 0.3) is 0 Å². The summed E-state index contributed by atoms with van der Waals surface area (Å²) in [4.78, 5) is 15.2. The van der Waals surface area contributed by atoms with Crippen molar-refractivity contribution in [3.05, 3.63) is 12.3 Å². The highest BCUT2D eigenvalue weighted by Crippen LogP contribution is 2.27. The van der Waals surface area contributed by atoms with Crippen molar-refractivity contribution in [1.82, 2.24) is 15.1 Å². The molecule has 8 heteroatoms. The minimum Gasteiger partial charge on any atom is -0.358 e. The Morgan fingerprint density at radius 3 is 2.48 bits per heavy atom. The fourth-order valence-electron chi connectivity index (χ4n) is 3.70. The number of carbonyl (C=O) groups excluding carboxylic acids is 1. The summed E-state index contributed by atoms with van der Waals surface area (Å²) >= 11 is 0. The number of alkyl halides is 3. The van der Waals surface area contributed by atoms with Gasteiger partial charge in [0.05, 0.1) is 6.07 Å². The largest absolute Gasteiger partial charge is 0.471 e. The number of nitrogens with zero attached hydrogens (tertiary/aromatic N) is 3. The first-order valence-corrected chi connectivity index (χ1v) is 9.28. The molecule has 1 amide bonds. The van der Waals surface area contributed by atoms with Crippen molar-refractivity contribution in [2.45, 2.75) is 64.8 Å². The fourth-order valence-corrected chi connectivity index (χ4v) is 3.70.